The predicted molar refractivity (Wildman–Crippen MR) is 111 cm³/mol. The first-order valence-electron chi connectivity index (χ1n) is 9.57. The van der Waals surface area contributed by atoms with E-state index in [1.165, 1.54) is 0 Å². The summed E-state index contributed by atoms with van der Waals surface area (Å²) in [6.45, 7) is 6.31. The SMILES string of the molecule is CCC(NC(=O)c1ccc(Cn2nc(C)cc2C)cc1)(C(=O)O)c1ccccc1. The highest BCUT2D eigenvalue weighted by molar-refractivity contribution is 5.98. The number of aliphatic carboxylic acids is 1. The molecule has 0 spiro atoms. The van der Waals surface area contributed by atoms with Crippen LogP contribution in [0.15, 0.2) is 60.7 Å². The number of carbonyl (C=O) groups excluding carboxylic acids is 1. The highest BCUT2D eigenvalue weighted by Gasteiger charge is 2.40. The lowest BCUT2D eigenvalue weighted by Gasteiger charge is -2.30. The molecule has 0 aliphatic heterocycles. The van der Waals surface area contributed by atoms with Crippen molar-refractivity contribution in [1.82, 2.24) is 15.1 Å². The van der Waals surface area contributed by atoms with Gasteiger partial charge in [0.1, 0.15) is 0 Å². The maximum atomic E-state index is 12.8. The van der Waals surface area contributed by atoms with Gasteiger partial charge in [-0.2, -0.15) is 5.10 Å². The monoisotopic (exact) mass is 391 g/mol. The molecule has 2 N–H and O–H groups in total. The highest BCUT2D eigenvalue weighted by Crippen LogP contribution is 2.26. The number of carboxylic acids is 1. The number of benzene rings is 2. The molecular formula is C23H25N3O3. The van der Waals surface area contributed by atoms with E-state index in [2.05, 4.69) is 10.4 Å². The van der Waals surface area contributed by atoms with Gasteiger partial charge in [0.2, 0.25) is 0 Å². The Hall–Kier alpha value is -3.41. The van der Waals surface area contributed by atoms with Crippen LogP contribution < -0.4 is 5.32 Å². The van der Waals surface area contributed by atoms with E-state index in [-0.39, 0.29) is 6.42 Å². The maximum Gasteiger partial charge on any atom is 0.334 e. The molecule has 1 unspecified atom stereocenters. The first-order chi connectivity index (χ1) is 13.9. The van der Waals surface area contributed by atoms with Gasteiger partial charge >= 0.3 is 5.97 Å². The van der Waals surface area contributed by atoms with Crippen molar-refractivity contribution in [3.8, 4) is 0 Å². The van der Waals surface area contributed by atoms with E-state index in [9.17, 15) is 14.7 Å². The maximum absolute atomic E-state index is 12.8. The molecule has 0 bridgehead atoms. The van der Waals surface area contributed by atoms with E-state index in [0.29, 0.717) is 17.7 Å². The number of aryl methyl sites for hydroxylation is 2. The average molecular weight is 391 g/mol. The molecule has 0 saturated heterocycles. The van der Waals surface area contributed by atoms with E-state index in [1.807, 2.05) is 42.8 Å². The van der Waals surface area contributed by atoms with Crippen molar-refractivity contribution in [2.75, 3.05) is 0 Å². The second-order valence-corrected chi connectivity index (χ2v) is 7.17. The molecule has 0 aliphatic rings. The van der Waals surface area contributed by atoms with E-state index < -0.39 is 17.4 Å². The number of carbonyl (C=O) groups is 2. The number of amides is 1. The third-order valence-corrected chi connectivity index (χ3v) is 5.14. The Bertz CT molecular complexity index is 1010. The zero-order valence-corrected chi connectivity index (χ0v) is 16.8. The van der Waals surface area contributed by atoms with Crippen LogP contribution in [0.2, 0.25) is 0 Å². The van der Waals surface area contributed by atoms with Crippen LogP contribution >= 0.6 is 0 Å². The first kappa shape index (κ1) is 20.3. The Kier molecular flexibility index (Phi) is 5.82. The summed E-state index contributed by atoms with van der Waals surface area (Å²) in [5.74, 6) is -1.50. The summed E-state index contributed by atoms with van der Waals surface area (Å²) >= 11 is 0. The minimum Gasteiger partial charge on any atom is -0.479 e. The molecule has 0 aliphatic carbocycles. The molecule has 0 radical (unpaired) electrons. The van der Waals surface area contributed by atoms with Crippen molar-refractivity contribution < 1.29 is 14.7 Å². The van der Waals surface area contributed by atoms with Crippen molar-refractivity contribution in [3.63, 3.8) is 0 Å². The summed E-state index contributed by atoms with van der Waals surface area (Å²) in [7, 11) is 0. The fourth-order valence-corrected chi connectivity index (χ4v) is 3.45. The zero-order valence-electron chi connectivity index (χ0n) is 16.8. The summed E-state index contributed by atoms with van der Waals surface area (Å²) in [4.78, 5) is 24.9. The number of nitrogens with one attached hydrogen (secondary N) is 1. The lowest BCUT2D eigenvalue weighted by molar-refractivity contribution is -0.145. The number of carboxylic acid groups (broad SMARTS) is 1. The summed E-state index contributed by atoms with van der Waals surface area (Å²) in [5.41, 5.74) is 2.53. The fraction of sp³-hybridized carbons (Fsp3) is 0.261. The van der Waals surface area contributed by atoms with Crippen molar-refractivity contribution in [1.29, 1.82) is 0 Å². The zero-order chi connectivity index (χ0) is 21.0. The smallest absolute Gasteiger partial charge is 0.334 e. The fourth-order valence-electron chi connectivity index (χ4n) is 3.45. The molecule has 1 amide bonds. The highest BCUT2D eigenvalue weighted by atomic mass is 16.4. The molecule has 6 nitrogen and oxygen atoms in total. The number of hydrogen-bond donors (Lipinski definition) is 2. The van der Waals surface area contributed by atoms with Crippen LogP contribution in [0.25, 0.3) is 0 Å². The summed E-state index contributed by atoms with van der Waals surface area (Å²) in [5, 5.41) is 17.1. The van der Waals surface area contributed by atoms with Gasteiger partial charge in [0.15, 0.2) is 5.54 Å². The topological polar surface area (TPSA) is 84.2 Å². The molecule has 3 aromatic rings. The molecule has 1 atom stereocenters. The summed E-state index contributed by atoms with van der Waals surface area (Å²) < 4.78 is 1.91. The summed E-state index contributed by atoms with van der Waals surface area (Å²) in [6, 6.07) is 17.9. The largest absolute Gasteiger partial charge is 0.479 e. The van der Waals surface area contributed by atoms with Crippen LogP contribution in [0.5, 0.6) is 0 Å². The van der Waals surface area contributed by atoms with Crippen molar-refractivity contribution >= 4 is 11.9 Å². The third-order valence-electron chi connectivity index (χ3n) is 5.14. The van der Waals surface area contributed by atoms with E-state index in [1.54, 1.807) is 43.3 Å². The average Bonchev–Trinajstić information content (AvgIpc) is 3.03. The first-order valence-corrected chi connectivity index (χ1v) is 9.57. The van der Waals surface area contributed by atoms with Gasteiger partial charge in [0, 0.05) is 11.3 Å². The van der Waals surface area contributed by atoms with Gasteiger partial charge in [-0.15, -0.1) is 0 Å². The van der Waals surface area contributed by atoms with Crippen LogP contribution in [0.4, 0.5) is 0 Å². The Morgan fingerprint density at radius 3 is 2.24 bits per heavy atom. The van der Waals surface area contributed by atoms with E-state index >= 15 is 0 Å². The molecule has 29 heavy (non-hydrogen) atoms. The van der Waals surface area contributed by atoms with E-state index in [0.717, 1.165) is 17.0 Å². The molecule has 1 heterocycles. The standard InChI is InChI=1S/C23H25N3O3/c1-4-23(22(28)29,20-8-6-5-7-9-20)24-21(27)19-12-10-18(11-13-19)15-26-17(3)14-16(2)25-26/h5-14H,4,15H2,1-3H3,(H,24,27)(H,28,29). The Morgan fingerprint density at radius 2 is 1.72 bits per heavy atom. The number of rotatable bonds is 7. The Balaban J connectivity index is 1.80. The second-order valence-electron chi connectivity index (χ2n) is 7.17. The minimum absolute atomic E-state index is 0.230. The third kappa shape index (κ3) is 4.21. The minimum atomic E-state index is -1.47. The number of aromatic nitrogens is 2. The van der Waals surface area contributed by atoms with Crippen LogP contribution in [-0.2, 0) is 16.9 Å². The molecule has 0 saturated carbocycles. The van der Waals surface area contributed by atoms with Gasteiger partial charge in [0.05, 0.1) is 12.2 Å². The lowest BCUT2D eigenvalue weighted by Crippen LogP contribution is -2.51. The van der Waals surface area contributed by atoms with Gasteiger partial charge in [-0.25, -0.2) is 4.79 Å². The van der Waals surface area contributed by atoms with Gasteiger partial charge in [0.25, 0.3) is 5.91 Å². The van der Waals surface area contributed by atoms with Crippen LogP contribution in [0, 0.1) is 13.8 Å². The van der Waals surface area contributed by atoms with Crippen molar-refractivity contribution in [2.24, 2.45) is 0 Å². The quantitative estimate of drug-likeness (QED) is 0.644. The molecule has 1 aromatic heterocycles. The molecule has 0 fully saturated rings. The molecule has 3 rings (SSSR count). The van der Waals surface area contributed by atoms with Crippen molar-refractivity contribution in [2.45, 2.75) is 39.3 Å². The second kappa shape index (κ2) is 8.31. The van der Waals surface area contributed by atoms with Gasteiger partial charge < -0.3 is 10.4 Å². The number of nitrogens with zero attached hydrogens (tertiary/aromatic N) is 2. The van der Waals surface area contributed by atoms with Gasteiger partial charge in [-0.1, -0.05) is 49.4 Å². The Labute approximate surface area is 170 Å². The summed E-state index contributed by atoms with van der Waals surface area (Å²) in [6.07, 6.45) is 0.230. The molecule has 2 aromatic carbocycles. The van der Waals surface area contributed by atoms with Crippen LogP contribution in [-0.4, -0.2) is 26.8 Å². The lowest BCUT2D eigenvalue weighted by atomic mass is 9.87. The van der Waals surface area contributed by atoms with Gasteiger partial charge in [-0.3, -0.25) is 9.48 Å². The van der Waals surface area contributed by atoms with Crippen LogP contribution in [0.1, 0.15) is 46.2 Å². The van der Waals surface area contributed by atoms with Gasteiger partial charge in [-0.05, 0) is 49.6 Å². The molecular weight excluding hydrogens is 366 g/mol. The van der Waals surface area contributed by atoms with Crippen molar-refractivity contribution in [3.05, 3.63) is 88.7 Å². The predicted octanol–water partition coefficient (Wildman–Crippen LogP) is 3.67. The normalized spacial score (nSPS) is 12.9. The molecule has 150 valence electrons. The van der Waals surface area contributed by atoms with E-state index in [4.69, 9.17) is 0 Å². The van der Waals surface area contributed by atoms with Crippen LogP contribution in [0.3, 0.4) is 0 Å². The number of hydrogen-bond acceptors (Lipinski definition) is 3. The molecule has 6 heteroatoms. The Morgan fingerprint density at radius 1 is 1.07 bits per heavy atom.